The predicted molar refractivity (Wildman–Crippen MR) is 144 cm³/mol. The van der Waals surface area contributed by atoms with Crippen LogP contribution >= 0.6 is 0 Å². The number of rotatable bonds is 6. The maximum absolute atomic E-state index is 13.8. The van der Waals surface area contributed by atoms with Gasteiger partial charge in [0.1, 0.15) is 0 Å². The number of anilines is 1. The number of esters is 1. The molecule has 3 aromatic rings. The Morgan fingerprint density at radius 3 is 2.19 bits per heavy atom. The minimum atomic E-state index is -0.566. The van der Waals surface area contributed by atoms with Gasteiger partial charge in [-0.1, -0.05) is 17.7 Å². The smallest absolute Gasteiger partial charge is 0.340 e. The van der Waals surface area contributed by atoms with E-state index in [-0.39, 0.29) is 17.1 Å². The molecule has 37 heavy (non-hydrogen) atoms. The number of amides is 1. The van der Waals surface area contributed by atoms with Crippen LogP contribution in [-0.2, 0) is 14.3 Å². The summed E-state index contributed by atoms with van der Waals surface area (Å²) in [7, 11) is 4.40. The average molecular weight is 501 g/mol. The van der Waals surface area contributed by atoms with Crippen molar-refractivity contribution in [2.45, 2.75) is 34.6 Å². The lowest BCUT2D eigenvalue weighted by Crippen LogP contribution is -2.24. The van der Waals surface area contributed by atoms with Gasteiger partial charge in [-0.05, 0) is 76.1 Å². The number of nitrogens with zero attached hydrogens (tertiary/aromatic N) is 2. The van der Waals surface area contributed by atoms with E-state index >= 15 is 0 Å². The molecule has 1 aliphatic rings. The van der Waals surface area contributed by atoms with Crippen LogP contribution in [-0.4, -0.2) is 37.8 Å². The number of hydrogen-bond donors (Lipinski definition) is 0. The van der Waals surface area contributed by atoms with Crippen molar-refractivity contribution in [3.05, 3.63) is 87.4 Å². The van der Waals surface area contributed by atoms with Crippen LogP contribution in [0.2, 0.25) is 0 Å². The molecule has 0 saturated carbocycles. The zero-order valence-electron chi connectivity index (χ0n) is 22.6. The molecule has 1 aromatic heterocycles. The van der Waals surface area contributed by atoms with Crippen LogP contribution in [0.1, 0.15) is 35.0 Å². The topological polar surface area (TPSA) is 70.0 Å². The third kappa shape index (κ3) is 4.42. The summed E-state index contributed by atoms with van der Waals surface area (Å²) in [6, 6.07) is 13.6. The molecule has 0 spiro atoms. The lowest BCUT2D eigenvalue weighted by Gasteiger charge is -2.19. The zero-order chi connectivity index (χ0) is 27.0. The van der Waals surface area contributed by atoms with Crippen molar-refractivity contribution >= 4 is 23.6 Å². The first kappa shape index (κ1) is 25.8. The fourth-order valence-electron chi connectivity index (χ4n) is 4.97. The molecule has 2 heterocycles. The summed E-state index contributed by atoms with van der Waals surface area (Å²) in [6.07, 6.45) is 1.78. The van der Waals surface area contributed by atoms with Gasteiger partial charge in [-0.15, -0.1) is 0 Å². The lowest BCUT2D eigenvalue weighted by atomic mass is 10.0. The van der Waals surface area contributed by atoms with Crippen LogP contribution in [0.5, 0.6) is 11.5 Å². The Labute approximate surface area is 217 Å². The molecule has 0 unspecified atom stereocenters. The van der Waals surface area contributed by atoms with E-state index in [2.05, 4.69) is 36.6 Å². The molecule has 0 bridgehead atoms. The van der Waals surface area contributed by atoms with Crippen molar-refractivity contribution in [1.29, 1.82) is 0 Å². The number of aryl methyl sites for hydroxylation is 3. The van der Waals surface area contributed by atoms with Crippen molar-refractivity contribution in [1.82, 2.24) is 4.57 Å². The number of carbonyl (C=O) groups excluding carboxylic acids is 2. The highest BCUT2D eigenvalue weighted by Crippen LogP contribution is 2.39. The number of allylic oxidation sites excluding steroid dienone is 1. The van der Waals surface area contributed by atoms with E-state index in [1.807, 2.05) is 19.9 Å². The van der Waals surface area contributed by atoms with Gasteiger partial charge < -0.3 is 18.8 Å². The average Bonchev–Trinajstić information content (AvgIpc) is 3.29. The van der Waals surface area contributed by atoms with Gasteiger partial charge in [-0.3, -0.25) is 9.69 Å². The normalized spacial score (nSPS) is 14.5. The molecular formula is C30H32N2O5. The fraction of sp³-hybridized carbons (Fsp3) is 0.267. The molecule has 0 atom stereocenters. The second-order valence-electron chi connectivity index (χ2n) is 9.14. The molecule has 0 fully saturated rings. The predicted octanol–water partition coefficient (Wildman–Crippen LogP) is 5.61. The van der Waals surface area contributed by atoms with Crippen molar-refractivity contribution < 1.29 is 23.8 Å². The van der Waals surface area contributed by atoms with E-state index in [1.165, 1.54) is 24.7 Å². The number of hydrogen-bond acceptors (Lipinski definition) is 5. The van der Waals surface area contributed by atoms with Crippen LogP contribution in [0.25, 0.3) is 11.8 Å². The van der Waals surface area contributed by atoms with E-state index in [0.29, 0.717) is 22.9 Å². The zero-order valence-corrected chi connectivity index (χ0v) is 22.6. The second kappa shape index (κ2) is 10.0. The molecular weight excluding hydrogens is 468 g/mol. The van der Waals surface area contributed by atoms with Gasteiger partial charge in [0, 0.05) is 28.8 Å². The van der Waals surface area contributed by atoms with Crippen LogP contribution in [0.3, 0.4) is 0 Å². The molecule has 7 nitrogen and oxygen atoms in total. The Morgan fingerprint density at radius 1 is 0.865 bits per heavy atom. The highest BCUT2D eigenvalue weighted by atomic mass is 16.5. The quantitative estimate of drug-likeness (QED) is 0.325. The fourth-order valence-corrected chi connectivity index (χ4v) is 4.97. The molecule has 2 aromatic carbocycles. The maximum Gasteiger partial charge on any atom is 0.340 e. The maximum atomic E-state index is 13.8. The highest BCUT2D eigenvalue weighted by Gasteiger charge is 2.38. The lowest BCUT2D eigenvalue weighted by molar-refractivity contribution is -0.136. The van der Waals surface area contributed by atoms with E-state index in [1.54, 1.807) is 38.3 Å². The van der Waals surface area contributed by atoms with Crippen molar-refractivity contribution in [3.63, 3.8) is 0 Å². The first-order valence-corrected chi connectivity index (χ1v) is 12.0. The van der Waals surface area contributed by atoms with E-state index in [4.69, 9.17) is 14.2 Å². The monoisotopic (exact) mass is 500 g/mol. The summed E-state index contributed by atoms with van der Waals surface area (Å²) in [5.41, 5.74) is 7.83. The summed E-state index contributed by atoms with van der Waals surface area (Å²) >= 11 is 0. The van der Waals surface area contributed by atoms with Gasteiger partial charge in [-0.2, -0.15) is 0 Å². The SMILES string of the molecule is COC(=O)C1=C(C)N(c2ccc(OC)c(OC)c2)C(=O)/C1=C\c1cc(C)n(-c2ccc(C)cc2C)c1C. The summed E-state index contributed by atoms with van der Waals surface area (Å²) < 4.78 is 18.0. The number of benzene rings is 2. The second-order valence-corrected chi connectivity index (χ2v) is 9.14. The van der Waals surface area contributed by atoms with Crippen molar-refractivity contribution in [2.24, 2.45) is 0 Å². The van der Waals surface area contributed by atoms with E-state index in [9.17, 15) is 9.59 Å². The van der Waals surface area contributed by atoms with Crippen LogP contribution in [0.4, 0.5) is 5.69 Å². The molecule has 192 valence electrons. The van der Waals surface area contributed by atoms with Gasteiger partial charge in [-0.25, -0.2) is 4.79 Å². The molecule has 1 amide bonds. The van der Waals surface area contributed by atoms with Gasteiger partial charge in [0.25, 0.3) is 5.91 Å². The minimum Gasteiger partial charge on any atom is -0.493 e. The molecule has 7 heteroatoms. The molecule has 0 saturated heterocycles. The van der Waals surface area contributed by atoms with E-state index < -0.39 is 5.97 Å². The summed E-state index contributed by atoms with van der Waals surface area (Å²) in [5.74, 6) is 0.140. The number of aromatic nitrogens is 1. The molecule has 0 N–H and O–H groups in total. The number of carbonyl (C=O) groups is 2. The molecule has 0 aliphatic carbocycles. The number of methoxy groups -OCH3 is 3. The largest absolute Gasteiger partial charge is 0.493 e. The van der Waals surface area contributed by atoms with Crippen LogP contribution in [0.15, 0.2) is 59.3 Å². The van der Waals surface area contributed by atoms with Gasteiger partial charge in [0.2, 0.25) is 0 Å². The first-order chi connectivity index (χ1) is 17.6. The van der Waals surface area contributed by atoms with Crippen LogP contribution < -0.4 is 14.4 Å². The molecule has 0 radical (unpaired) electrons. The number of ether oxygens (including phenoxy) is 3. The summed E-state index contributed by atoms with van der Waals surface area (Å²) in [6.45, 7) is 9.94. The third-order valence-electron chi connectivity index (χ3n) is 6.78. The van der Waals surface area contributed by atoms with Crippen molar-refractivity contribution in [2.75, 3.05) is 26.2 Å². The Morgan fingerprint density at radius 2 is 1.57 bits per heavy atom. The Bertz CT molecular complexity index is 1480. The molecule has 1 aliphatic heterocycles. The van der Waals surface area contributed by atoms with E-state index in [0.717, 1.165) is 28.2 Å². The highest BCUT2D eigenvalue weighted by molar-refractivity contribution is 6.24. The summed E-state index contributed by atoms with van der Waals surface area (Å²) in [4.78, 5) is 28.2. The first-order valence-electron chi connectivity index (χ1n) is 12.0. The Kier molecular flexibility index (Phi) is 6.99. The minimum absolute atomic E-state index is 0.235. The van der Waals surface area contributed by atoms with Gasteiger partial charge in [0.05, 0.1) is 38.2 Å². The van der Waals surface area contributed by atoms with Gasteiger partial charge in [0.15, 0.2) is 11.5 Å². The molecule has 4 rings (SSSR count). The van der Waals surface area contributed by atoms with Crippen molar-refractivity contribution in [3.8, 4) is 17.2 Å². The Balaban J connectivity index is 1.85. The third-order valence-corrected chi connectivity index (χ3v) is 6.78. The van der Waals surface area contributed by atoms with Crippen LogP contribution in [0, 0.1) is 27.7 Å². The standard InChI is InChI=1S/C30H32N2O5/c1-17-9-11-25(18(2)13-17)31-19(3)14-22(20(31)4)15-24-28(30(34)37-8)21(5)32(29(24)33)23-10-12-26(35-6)27(16-23)36-7/h9-16H,1-8H3/b24-15-. The summed E-state index contributed by atoms with van der Waals surface area (Å²) in [5, 5.41) is 0. The van der Waals surface area contributed by atoms with Gasteiger partial charge >= 0.3 is 5.97 Å². The Hall–Kier alpha value is -4.26.